The number of rotatable bonds is 5. The zero-order chi connectivity index (χ0) is 18.8. The van der Waals surface area contributed by atoms with Gasteiger partial charge in [0, 0.05) is 11.7 Å². The first-order valence-electron chi connectivity index (χ1n) is 8.70. The van der Waals surface area contributed by atoms with Gasteiger partial charge in [-0.25, -0.2) is 9.07 Å². The van der Waals surface area contributed by atoms with E-state index in [1.54, 1.807) is 16.8 Å². The van der Waals surface area contributed by atoms with Crippen LogP contribution in [0.3, 0.4) is 0 Å². The fourth-order valence-corrected chi connectivity index (χ4v) is 4.00. The molecule has 136 valence electrons. The molecule has 3 aromatic carbocycles. The van der Waals surface area contributed by atoms with Crippen molar-refractivity contribution in [2.75, 3.05) is 5.84 Å². The second kappa shape index (κ2) is 7.40. The van der Waals surface area contributed by atoms with Crippen LogP contribution in [0.4, 0.5) is 4.39 Å². The van der Waals surface area contributed by atoms with Crippen molar-refractivity contribution in [3.63, 3.8) is 0 Å². The topological polar surface area (TPSA) is 56.7 Å². The molecular formula is C21H19FN4S. The number of hydrogen-bond acceptors (Lipinski definition) is 4. The van der Waals surface area contributed by atoms with E-state index in [4.69, 9.17) is 5.84 Å². The molecule has 0 amide bonds. The number of halogens is 1. The molecule has 1 aromatic heterocycles. The number of hydrogen-bond donors (Lipinski definition) is 1. The van der Waals surface area contributed by atoms with Crippen molar-refractivity contribution in [2.45, 2.75) is 23.8 Å². The zero-order valence-corrected chi connectivity index (χ0v) is 15.7. The molecule has 4 nitrogen and oxygen atoms in total. The molecule has 4 aromatic rings. The summed E-state index contributed by atoms with van der Waals surface area (Å²) in [6.45, 7) is 2.04. The Labute approximate surface area is 161 Å². The van der Waals surface area contributed by atoms with E-state index in [0.717, 1.165) is 11.1 Å². The van der Waals surface area contributed by atoms with Gasteiger partial charge < -0.3 is 5.84 Å². The third kappa shape index (κ3) is 3.66. The molecule has 0 aliphatic carbocycles. The molecule has 0 aliphatic heterocycles. The average molecular weight is 378 g/mol. The van der Waals surface area contributed by atoms with Crippen LogP contribution in [0, 0.1) is 5.82 Å². The Bertz CT molecular complexity index is 1070. The standard InChI is InChI=1S/C21H19FN4S/c1-14(15-9-11-18(22)12-10-15)27-21-25-24-20(26(21)23)13-17-7-4-6-16-5-2-3-8-19(16)17/h2-12,14H,13,23H2,1H3. The lowest BCUT2D eigenvalue weighted by molar-refractivity contribution is 0.627. The lowest BCUT2D eigenvalue weighted by Crippen LogP contribution is -2.14. The quantitative estimate of drug-likeness (QED) is 0.403. The van der Waals surface area contributed by atoms with E-state index in [1.807, 2.05) is 25.1 Å². The third-order valence-electron chi connectivity index (χ3n) is 4.59. The Morgan fingerprint density at radius 3 is 2.56 bits per heavy atom. The number of aromatic nitrogens is 3. The van der Waals surface area contributed by atoms with E-state index in [0.29, 0.717) is 17.4 Å². The summed E-state index contributed by atoms with van der Waals surface area (Å²) in [5.74, 6) is 6.72. The highest BCUT2D eigenvalue weighted by Gasteiger charge is 2.16. The summed E-state index contributed by atoms with van der Waals surface area (Å²) in [6, 6.07) is 21.0. The van der Waals surface area contributed by atoms with Gasteiger partial charge in [-0.15, -0.1) is 10.2 Å². The Morgan fingerprint density at radius 2 is 1.74 bits per heavy atom. The third-order valence-corrected chi connectivity index (χ3v) is 5.70. The molecule has 0 bridgehead atoms. The first kappa shape index (κ1) is 17.5. The van der Waals surface area contributed by atoms with Crippen LogP contribution in [0.5, 0.6) is 0 Å². The van der Waals surface area contributed by atoms with Gasteiger partial charge in [0.15, 0.2) is 5.82 Å². The molecular weight excluding hydrogens is 359 g/mol. The van der Waals surface area contributed by atoms with E-state index >= 15 is 0 Å². The molecule has 0 saturated heterocycles. The van der Waals surface area contributed by atoms with Crippen LogP contribution in [-0.4, -0.2) is 14.9 Å². The average Bonchev–Trinajstić information content (AvgIpc) is 3.02. The van der Waals surface area contributed by atoms with Gasteiger partial charge in [0.1, 0.15) is 5.82 Å². The molecule has 4 rings (SSSR count). The van der Waals surface area contributed by atoms with Crippen LogP contribution in [-0.2, 0) is 6.42 Å². The van der Waals surface area contributed by atoms with E-state index in [2.05, 4.69) is 34.5 Å². The fourth-order valence-electron chi connectivity index (χ4n) is 3.09. The molecule has 1 atom stereocenters. The molecule has 27 heavy (non-hydrogen) atoms. The van der Waals surface area contributed by atoms with Gasteiger partial charge in [-0.05, 0) is 41.0 Å². The monoisotopic (exact) mass is 378 g/mol. The smallest absolute Gasteiger partial charge is 0.210 e. The largest absolute Gasteiger partial charge is 0.336 e. The van der Waals surface area contributed by atoms with Crippen LogP contribution in [0.25, 0.3) is 10.8 Å². The van der Waals surface area contributed by atoms with Gasteiger partial charge in [0.2, 0.25) is 5.16 Å². The predicted octanol–water partition coefficient (Wildman–Crippen LogP) is 4.73. The predicted molar refractivity (Wildman–Crippen MR) is 108 cm³/mol. The van der Waals surface area contributed by atoms with Crippen LogP contribution >= 0.6 is 11.8 Å². The summed E-state index contributed by atoms with van der Waals surface area (Å²) >= 11 is 1.51. The maximum atomic E-state index is 13.1. The first-order chi connectivity index (χ1) is 13.1. The maximum absolute atomic E-state index is 13.1. The summed E-state index contributed by atoms with van der Waals surface area (Å²) in [4.78, 5) is 0. The van der Waals surface area contributed by atoms with Crippen LogP contribution in [0.2, 0.25) is 0 Å². The Morgan fingerprint density at radius 1 is 1.00 bits per heavy atom. The number of nitrogens with two attached hydrogens (primary N) is 1. The number of thioether (sulfide) groups is 1. The minimum Gasteiger partial charge on any atom is -0.336 e. The van der Waals surface area contributed by atoms with Crippen molar-refractivity contribution in [2.24, 2.45) is 0 Å². The van der Waals surface area contributed by atoms with Crippen LogP contribution < -0.4 is 5.84 Å². The minimum absolute atomic E-state index is 0.0857. The van der Waals surface area contributed by atoms with Crippen LogP contribution in [0.1, 0.15) is 29.1 Å². The van der Waals surface area contributed by atoms with E-state index < -0.39 is 0 Å². The number of nitrogens with zero attached hydrogens (tertiary/aromatic N) is 3. The van der Waals surface area contributed by atoms with Crippen LogP contribution in [0.15, 0.2) is 71.9 Å². The van der Waals surface area contributed by atoms with Gasteiger partial charge in [-0.3, -0.25) is 0 Å². The second-order valence-corrected chi connectivity index (χ2v) is 7.70. The highest BCUT2D eigenvalue weighted by molar-refractivity contribution is 7.99. The lowest BCUT2D eigenvalue weighted by Gasteiger charge is -2.11. The molecule has 0 spiro atoms. The van der Waals surface area contributed by atoms with E-state index in [9.17, 15) is 4.39 Å². The van der Waals surface area contributed by atoms with Gasteiger partial charge in [-0.2, -0.15) is 0 Å². The van der Waals surface area contributed by atoms with Crippen molar-refractivity contribution in [3.8, 4) is 0 Å². The van der Waals surface area contributed by atoms with Crippen molar-refractivity contribution >= 4 is 22.5 Å². The van der Waals surface area contributed by atoms with Crippen molar-refractivity contribution < 1.29 is 4.39 Å². The SMILES string of the molecule is CC(Sc1nnc(Cc2cccc3ccccc23)n1N)c1ccc(F)cc1. The van der Waals surface area contributed by atoms with Gasteiger partial charge in [0.05, 0.1) is 0 Å². The molecule has 0 fully saturated rings. The number of fused-ring (bicyclic) bond motifs is 1. The summed E-state index contributed by atoms with van der Waals surface area (Å²) in [6.07, 6.45) is 0.607. The Kier molecular flexibility index (Phi) is 4.81. The molecule has 1 unspecified atom stereocenters. The van der Waals surface area contributed by atoms with Gasteiger partial charge in [-0.1, -0.05) is 66.4 Å². The molecule has 6 heteroatoms. The van der Waals surface area contributed by atoms with Gasteiger partial charge >= 0.3 is 0 Å². The zero-order valence-electron chi connectivity index (χ0n) is 14.8. The Balaban J connectivity index is 1.56. The van der Waals surface area contributed by atoms with E-state index in [-0.39, 0.29) is 11.1 Å². The summed E-state index contributed by atoms with van der Waals surface area (Å²) in [5, 5.41) is 11.6. The molecule has 0 aliphatic rings. The summed E-state index contributed by atoms with van der Waals surface area (Å²) in [5.41, 5.74) is 2.18. The number of nitrogen functional groups attached to an aromatic ring is 1. The molecule has 2 N–H and O–H groups in total. The summed E-state index contributed by atoms with van der Waals surface area (Å²) < 4.78 is 14.7. The second-order valence-electron chi connectivity index (χ2n) is 6.40. The first-order valence-corrected chi connectivity index (χ1v) is 9.58. The molecule has 1 heterocycles. The molecule has 0 radical (unpaired) electrons. The Hall–Kier alpha value is -2.86. The normalized spacial score (nSPS) is 12.4. The number of benzene rings is 3. The highest BCUT2D eigenvalue weighted by Crippen LogP contribution is 2.33. The minimum atomic E-state index is -0.240. The maximum Gasteiger partial charge on any atom is 0.210 e. The van der Waals surface area contributed by atoms with E-state index in [1.165, 1.54) is 34.7 Å². The highest BCUT2D eigenvalue weighted by atomic mass is 32.2. The lowest BCUT2D eigenvalue weighted by atomic mass is 10.0. The van der Waals surface area contributed by atoms with Crippen molar-refractivity contribution in [1.82, 2.24) is 14.9 Å². The molecule has 0 saturated carbocycles. The van der Waals surface area contributed by atoms with Crippen molar-refractivity contribution in [1.29, 1.82) is 0 Å². The fraction of sp³-hybridized carbons (Fsp3) is 0.143. The van der Waals surface area contributed by atoms with Crippen molar-refractivity contribution in [3.05, 3.63) is 89.5 Å². The summed E-state index contributed by atoms with van der Waals surface area (Å²) in [7, 11) is 0. The van der Waals surface area contributed by atoms with Gasteiger partial charge in [0.25, 0.3) is 0 Å².